The molecule has 0 bridgehead atoms. The van der Waals surface area contributed by atoms with E-state index in [1.54, 1.807) is 12.1 Å². The Morgan fingerprint density at radius 1 is 1.41 bits per heavy atom. The summed E-state index contributed by atoms with van der Waals surface area (Å²) in [6.45, 7) is 0. The summed E-state index contributed by atoms with van der Waals surface area (Å²) >= 11 is 0. The summed E-state index contributed by atoms with van der Waals surface area (Å²) < 4.78 is 0. The van der Waals surface area contributed by atoms with Crippen molar-refractivity contribution < 1.29 is 9.90 Å². The molecule has 0 radical (unpaired) electrons. The summed E-state index contributed by atoms with van der Waals surface area (Å²) in [7, 11) is 1.90. The Balaban J connectivity index is 2.12. The summed E-state index contributed by atoms with van der Waals surface area (Å²) in [6, 6.07) is 9.35. The van der Waals surface area contributed by atoms with Crippen molar-refractivity contribution in [3.63, 3.8) is 0 Å². The predicted octanol–water partition coefficient (Wildman–Crippen LogP) is 1.86. The van der Waals surface area contributed by atoms with Crippen molar-refractivity contribution in [1.82, 2.24) is 0 Å². The Kier molecular flexibility index (Phi) is 3.01. The zero-order valence-corrected chi connectivity index (χ0v) is 9.63. The lowest BCUT2D eigenvalue weighted by atomic mass is 9.78. The van der Waals surface area contributed by atoms with Gasteiger partial charge in [0.15, 0.2) is 0 Å². The molecule has 1 aromatic rings. The van der Waals surface area contributed by atoms with Gasteiger partial charge in [-0.25, -0.2) is 0 Å². The Bertz CT molecular complexity index is 461. The van der Waals surface area contributed by atoms with E-state index in [1.165, 1.54) is 0 Å². The van der Waals surface area contributed by atoms with Gasteiger partial charge >= 0.3 is 5.97 Å². The van der Waals surface area contributed by atoms with Crippen LogP contribution in [0.15, 0.2) is 24.3 Å². The first kappa shape index (κ1) is 11.5. The molecule has 0 amide bonds. The normalized spacial score (nSPS) is 22.4. The monoisotopic (exact) mass is 230 g/mol. The van der Waals surface area contributed by atoms with Crippen molar-refractivity contribution in [2.45, 2.75) is 18.9 Å². The van der Waals surface area contributed by atoms with E-state index in [9.17, 15) is 4.79 Å². The molecule has 4 heteroatoms. The molecule has 1 fully saturated rings. The van der Waals surface area contributed by atoms with Gasteiger partial charge in [0, 0.05) is 18.8 Å². The summed E-state index contributed by atoms with van der Waals surface area (Å²) in [5, 5.41) is 17.7. The maximum atomic E-state index is 11.0. The van der Waals surface area contributed by atoms with E-state index in [0.717, 1.165) is 18.5 Å². The fourth-order valence-corrected chi connectivity index (χ4v) is 2.20. The molecule has 1 aliphatic rings. The number of hydrogen-bond donors (Lipinski definition) is 1. The minimum absolute atomic E-state index is 0.0698. The highest BCUT2D eigenvalue weighted by atomic mass is 16.4. The van der Waals surface area contributed by atoms with Gasteiger partial charge in [-0.3, -0.25) is 4.79 Å². The van der Waals surface area contributed by atoms with E-state index in [2.05, 4.69) is 6.07 Å². The molecule has 0 aromatic heterocycles. The number of hydrogen-bond acceptors (Lipinski definition) is 3. The van der Waals surface area contributed by atoms with Gasteiger partial charge in [0.1, 0.15) is 0 Å². The maximum absolute atomic E-state index is 11.0. The second-order valence-corrected chi connectivity index (χ2v) is 4.36. The largest absolute Gasteiger partial charge is 0.481 e. The first-order valence-corrected chi connectivity index (χ1v) is 5.59. The molecule has 0 aliphatic heterocycles. The second-order valence-electron chi connectivity index (χ2n) is 4.36. The summed E-state index contributed by atoms with van der Waals surface area (Å²) in [5.41, 5.74) is 1.57. The van der Waals surface area contributed by atoms with Gasteiger partial charge in [-0.2, -0.15) is 5.26 Å². The molecular weight excluding hydrogens is 216 g/mol. The highest BCUT2D eigenvalue weighted by molar-refractivity contribution is 5.73. The van der Waals surface area contributed by atoms with E-state index >= 15 is 0 Å². The van der Waals surface area contributed by atoms with Crippen LogP contribution in [0, 0.1) is 17.2 Å². The van der Waals surface area contributed by atoms with Gasteiger partial charge in [-0.15, -0.1) is 0 Å². The molecule has 88 valence electrons. The van der Waals surface area contributed by atoms with Crippen molar-refractivity contribution in [2.24, 2.45) is 5.92 Å². The number of nitrogens with zero attached hydrogens (tertiary/aromatic N) is 2. The molecule has 2 atom stereocenters. The quantitative estimate of drug-likeness (QED) is 0.860. The molecule has 1 aliphatic carbocycles. The fraction of sp³-hybridized carbons (Fsp3) is 0.385. The third-order valence-corrected chi connectivity index (χ3v) is 3.46. The lowest BCUT2D eigenvalue weighted by Crippen LogP contribution is -2.48. The molecule has 0 heterocycles. The average molecular weight is 230 g/mol. The van der Waals surface area contributed by atoms with Crippen LogP contribution in [0.3, 0.4) is 0 Å². The Morgan fingerprint density at radius 2 is 2.06 bits per heavy atom. The van der Waals surface area contributed by atoms with Gasteiger partial charge in [0.2, 0.25) is 0 Å². The second kappa shape index (κ2) is 4.46. The van der Waals surface area contributed by atoms with Gasteiger partial charge in [0.05, 0.1) is 17.6 Å². The van der Waals surface area contributed by atoms with Crippen LogP contribution < -0.4 is 4.90 Å². The van der Waals surface area contributed by atoms with Crippen LogP contribution in [0.4, 0.5) is 5.69 Å². The lowest BCUT2D eigenvalue weighted by molar-refractivity contribution is -0.145. The van der Waals surface area contributed by atoms with E-state index in [4.69, 9.17) is 10.4 Å². The highest BCUT2D eigenvalue weighted by Crippen LogP contribution is 2.34. The summed E-state index contributed by atoms with van der Waals surface area (Å²) in [6.07, 6.45) is 1.66. The maximum Gasteiger partial charge on any atom is 0.308 e. The number of carboxylic acids is 1. The molecule has 4 nitrogen and oxygen atoms in total. The van der Waals surface area contributed by atoms with Gasteiger partial charge in [0.25, 0.3) is 0 Å². The topological polar surface area (TPSA) is 64.3 Å². The van der Waals surface area contributed by atoms with Crippen LogP contribution >= 0.6 is 0 Å². The number of anilines is 1. The molecule has 2 unspecified atom stereocenters. The van der Waals surface area contributed by atoms with Crippen molar-refractivity contribution in [1.29, 1.82) is 5.26 Å². The van der Waals surface area contributed by atoms with Crippen LogP contribution in [0.25, 0.3) is 0 Å². The third-order valence-electron chi connectivity index (χ3n) is 3.46. The van der Waals surface area contributed by atoms with Crippen LogP contribution in [0.1, 0.15) is 18.4 Å². The van der Waals surface area contributed by atoms with Crippen molar-refractivity contribution in [2.75, 3.05) is 11.9 Å². The standard InChI is InChI=1S/C13H14N2O2/c1-15(12-7-6-11(12)13(16)17)10-4-2-9(8-14)3-5-10/h2-5,11-12H,6-7H2,1H3,(H,16,17). The molecular formula is C13H14N2O2. The molecule has 17 heavy (non-hydrogen) atoms. The van der Waals surface area contributed by atoms with Crippen molar-refractivity contribution in [3.8, 4) is 6.07 Å². The van der Waals surface area contributed by atoms with Crippen LogP contribution in [0.2, 0.25) is 0 Å². The van der Waals surface area contributed by atoms with E-state index in [1.807, 2.05) is 24.1 Å². The Hall–Kier alpha value is -2.02. The molecule has 1 N–H and O–H groups in total. The van der Waals surface area contributed by atoms with Crippen LogP contribution in [-0.4, -0.2) is 24.2 Å². The number of benzene rings is 1. The van der Waals surface area contributed by atoms with Crippen molar-refractivity contribution >= 4 is 11.7 Å². The van der Waals surface area contributed by atoms with Crippen LogP contribution in [0.5, 0.6) is 0 Å². The zero-order chi connectivity index (χ0) is 12.4. The number of carboxylic acid groups (broad SMARTS) is 1. The predicted molar refractivity (Wildman–Crippen MR) is 63.7 cm³/mol. The van der Waals surface area contributed by atoms with E-state index in [-0.39, 0.29) is 12.0 Å². The number of carbonyl (C=O) groups is 1. The molecule has 1 aromatic carbocycles. The van der Waals surface area contributed by atoms with E-state index in [0.29, 0.717) is 5.56 Å². The fourth-order valence-electron chi connectivity index (χ4n) is 2.20. The average Bonchev–Trinajstić information content (AvgIpc) is 2.27. The SMILES string of the molecule is CN(c1ccc(C#N)cc1)C1CCC1C(=O)O. The molecule has 1 saturated carbocycles. The van der Waals surface area contributed by atoms with Gasteiger partial charge < -0.3 is 10.0 Å². The molecule has 0 spiro atoms. The molecule has 2 rings (SSSR count). The first-order valence-electron chi connectivity index (χ1n) is 5.59. The van der Waals surface area contributed by atoms with Crippen LogP contribution in [-0.2, 0) is 4.79 Å². The smallest absolute Gasteiger partial charge is 0.308 e. The number of aliphatic carboxylic acids is 1. The third kappa shape index (κ3) is 2.09. The first-order chi connectivity index (χ1) is 8.13. The molecule has 0 saturated heterocycles. The Labute approximate surface area is 100 Å². The number of rotatable bonds is 3. The summed E-state index contributed by atoms with van der Waals surface area (Å²) in [5.74, 6) is -0.989. The lowest BCUT2D eigenvalue weighted by Gasteiger charge is -2.41. The Morgan fingerprint density at radius 3 is 2.47 bits per heavy atom. The minimum atomic E-state index is -0.721. The highest BCUT2D eigenvalue weighted by Gasteiger charge is 2.39. The summed E-state index contributed by atoms with van der Waals surface area (Å²) in [4.78, 5) is 12.9. The van der Waals surface area contributed by atoms with Crippen molar-refractivity contribution in [3.05, 3.63) is 29.8 Å². The van der Waals surface area contributed by atoms with Gasteiger partial charge in [-0.1, -0.05) is 0 Å². The zero-order valence-electron chi connectivity index (χ0n) is 9.63. The van der Waals surface area contributed by atoms with Gasteiger partial charge in [-0.05, 0) is 37.1 Å². The minimum Gasteiger partial charge on any atom is -0.481 e. The van der Waals surface area contributed by atoms with E-state index < -0.39 is 5.97 Å². The number of nitriles is 1.